The fourth-order valence-electron chi connectivity index (χ4n) is 7.43. The minimum atomic E-state index is -4.51. The van der Waals surface area contributed by atoms with Gasteiger partial charge in [-0.15, -0.1) is 0 Å². The number of halogens is 5. The number of amides is 1. The van der Waals surface area contributed by atoms with Crippen molar-refractivity contribution in [1.82, 2.24) is 9.80 Å². The molecule has 0 radical (unpaired) electrons. The highest BCUT2D eigenvalue weighted by Gasteiger charge is 2.56. The summed E-state index contributed by atoms with van der Waals surface area (Å²) in [5.41, 5.74) is 0.324. The van der Waals surface area contributed by atoms with Gasteiger partial charge in [0.1, 0.15) is 5.60 Å². The maximum atomic E-state index is 14.0. The van der Waals surface area contributed by atoms with Crippen LogP contribution >= 0.6 is 11.6 Å². The minimum Gasteiger partial charge on any atom is -0.426 e. The molecular weight excluding hydrogens is 588 g/mol. The zero-order chi connectivity index (χ0) is 30.5. The lowest BCUT2D eigenvalue weighted by molar-refractivity contribution is -0.177. The first kappa shape index (κ1) is 30.3. The first-order valence-corrected chi connectivity index (χ1v) is 15.3. The summed E-state index contributed by atoms with van der Waals surface area (Å²) in [7, 11) is 0. The molecule has 0 aromatic heterocycles. The van der Waals surface area contributed by atoms with Gasteiger partial charge in [-0.25, -0.2) is 4.39 Å². The van der Waals surface area contributed by atoms with Gasteiger partial charge in [-0.2, -0.15) is 13.2 Å². The third kappa shape index (κ3) is 5.90. The van der Waals surface area contributed by atoms with Gasteiger partial charge in [0.2, 0.25) is 0 Å². The molecular formula is C32H35ClF4N2O4. The van der Waals surface area contributed by atoms with E-state index in [0.717, 1.165) is 56.5 Å². The van der Waals surface area contributed by atoms with Crippen LogP contribution in [0.2, 0.25) is 5.02 Å². The molecule has 2 saturated heterocycles. The van der Waals surface area contributed by atoms with Crippen LogP contribution in [-0.4, -0.2) is 60.1 Å². The van der Waals surface area contributed by atoms with Crippen molar-refractivity contribution in [2.75, 3.05) is 26.2 Å². The SMILES string of the molecule is C[C@H]1CN([C@@H]2CC[C@@](C(=O)N3CCc4c(Cl)cc(C(F)(F)F)cc4C3)(C3CC3)OC2)CC[C@@H]1c1ccc(F)c(OC=O)c1. The van der Waals surface area contributed by atoms with E-state index < -0.39 is 23.2 Å². The summed E-state index contributed by atoms with van der Waals surface area (Å²) in [5.74, 6) is -0.178. The van der Waals surface area contributed by atoms with Crippen molar-refractivity contribution in [1.29, 1.82) is 0 Å². The number of alkyl halides is 3. The summed E-state index contributed by atoms with van der Waals surface area (Å²) < 4.78 is 65.7. The number of carbonyl (C=O) groups is 2. The molecule has 4 aliphatic rings. The van der Waals surface area contributed by atoms with E-state index in [1.807, 2.05) is 0 Å². The van der Waals surface area contributed by atoms with Crippen molar-refractivity contribution in [2.24, 2.45) is 11.8 Å². The van der Waals surface area contributed by atoms with E-state index in [9.17, 15) is 27.2 Å². The van der Waals surface area contributed by atoms with Gasteiger partial charge in [0, 0.05) is 30.7 Å². The summed E-state index contributed by atoms with van der Waals surface area (Å²) in [6, 6.07) is 6.93. The lowest BCUT2D eigenvalue weighted by Gasteiger charge is -2.48. The van der Waals surface area contributed by atoms with E-state index in [4.69, 9.17) is 21.1 Å². The molecule has 0 unspecified atom stereocenters. The van der Waals surface area contributed by atoms with Crippen molar-refractivity contribution < 1.29 is 36.6 Å². The first-order valence-electron chi connectivity index (χ1n) is 15.0. The fourth-order valence-corrected chi connectivity index (χ4v) is 7.77. The number of likely N-dealkylation sites (tertiary alicyclic amines) is 1. The average molecular weight is 623 g/mol. The Kier molecular flexibility index (Phi) is 8.23. The molecule has 0 spiro atoms. The Labute approximate surface area is 253 Å². The van der Waals surface area contributed by atoms with Crippen molar-refractivity contribution in [3.63, 3.8) is 0 Å². The molecule has 6 nitrogen and oxygen atoms in total. The second kappa shape index (κ2) is 11.7. The maximum Gasteiger partial charge on any atom is 0.416 e. The molecule has 2 aromatic carbocycles. The van der Waals surface area contributed by atoms with Gasteiger partial charge in [-0.3, -0.25) is 14.5 Å². The molecule has 3 fully saturated rings. The van der Waals surface area contributed by atoms with Crippen LogP contribution < -0.4 is 4.74 Å². The molecule has 3 aliphatic heterocycles. The number of rotatable bonds is 6. The van der Waals surface area contributed by atoms with Gasteiger partial charge in [-0.05, 0) is 104 Å². The average Bonchev–Trinajstić information content (AvgIpc) is 3.84. The molecule has 43 heavy (non-hydrogen) atoms. The number of ether oxygens (including phenoxy) is 2. The number of hydrogen-bond donors (Lipinski definition) is 0. The lowest BCUT2D eigenvalue weighted by Crippen LogP contribution is -2.59. The third-order valence-electron chi connectivity index (χ3n) is 9.89. The summed E-state index contributed by atoms with van der Waals surface area (Å²) >= 11 is 6.22. The summed E-state index contributed by atoms with van der Waals surface area (Å²) in [4.78, 5) is 28.9. The smallest absolute Gasteiger partial charge is 0.416 e. The Morgan fingerprint density at radius 1 is 1.14 bits per heavy atom. The largest absolute Gasteiger partial charge is 0.426 e. The van der Waals surface area contributed by atoms with Crippen molar-refractivity contribution in [2.45, 2.75) is 75.7 Å². The van der Waals surface area contributed by atoms with Crippen LogP contribution in [0.5, 0.6) is 5.75 Å². The van der Waals surface area contributed by atoms with Crippen LogP contribution in [0.25, 0.3) is 0 Å². The van der Waals surface area contributed by atoms with Crippen molar-refractivity contribution in [3.05, 3.63) is 63.4 Å². The minimum absolute atomic E-state index is 0.0648. The lowest BCUT2D eigenvalue weighted by atomic mass is 9.80. The van der Waals surface area contributed by atoms with E-state index in [0.29, 0.717) is 37.1 Å². The van der Waals surface area contributed by atoms with E-state index in [1.165, 1.54) is 6.07 Å². The van der Waals surface area contributed by atoms with Crippen molar-refractivity contribution in [3.8, 4) is 5.75 Å². The summed E-state index contributed by atoms with van der Waals surface area (Å²) in [6.45, 7) is 4.93. The number of hydrogen-bond acceptors (Lipinski definition) is 5. The van der Waals surface area contributed by atoms with Gasteiger partial charge in [0.15, 0.2) is 11.6 Å². The first-order chi connectivity index (χ1) is 20.5. The second-order valence-electron chi connectivity index (χ2n) is 12.5. The Hall–Kier alpha value is -2.69. The quantitative estimate of drug-likeness (QED) is 0.277. The second-order valence-corrected chi connectivity index (χ2v) is 12.9. The Bertz CT molecular complexity index is 1390. The van der Waals surface area contributed by atoms with Gasteiger partial charge in [0.05, 0.1) is 12.2 Å². The highest BCUT2D eigenvalue weighted by Crippen LogP contribution is 2.49. The topological polar surface area (TPSA) is 59.1 Å². The molecule has 1 aliphatic carbocycles. The molecule has 2 aromatic rings. The standard InChI is InChI=1S/C32H35ClF4N2O4/c1-19-15-38(10-7-25(19)20-2-5-28(34)29(13-20)42-18-40)24-6-9-31(43-17-24,22-3-4-22)30(41)39-11-8-26-21(16-39)12-23(14-27(26)33)32(35,36)37/h2,5,12-14,18-19,22,24-25H,3-4,6-11,15-17H2,1H3/t19-,24+,25-,31-/m0/s1. The van der Waals surface area contributed by atoms with Crippen molar-refractivity contribution >= 4 is 24.0 Å². The van der Waals surface area contributed by atoms with E-state index in [-0.39, 0.29) is 53.5 Å². The fraction of sp³-hybridized carbons (Fsp3) is 0.562. The maximum absolute atomic E-state index is 14.0. The zero-order valence-corrected chi connectivity index (χ0v) is 24.7. The Morgan fingerprint density at radius 2 is 1.93 bits per heavy atom. The number of nitrogens with zero attached hydrogens (tertiary/aromatic N) is 2. The highest BCUT2D eigenvalue weighted by atomic mass is 35.5. The van der Waals surface area contributed by atoms with Crippen LogP contribution in [-0.2, 0) is 33.5 Å². The molecule has 0 bridgehead atoms. The van der Waals surface area contributed by atoms with E-state index in [1.54, 1.807) is 17.0 Å². The molecule has 0 N–H and O–H groups in total. The Morgan fingerprint density at radius 3 is 2.58 bits per heavy atom. The van der Waals surface area contributed by atoms with Crippen LogP contribution in [0, 0.1) is 17.7 Å². The molecule has 232 valence electrons. The van der Waals surface area contributed by atoms with Crippen LogP contribution in [0.4, 0.5) is 17.6 Å². The molecule has 1 amide bonds. The van der Waals surface area contributed by atoms with Gasteiger partial charge in [-0.1, -0.05) is 24.6 Å². The van der Waals surface area contributed by atoms with E-state index in [2.05, 4.69) is 11.8 Å². The molecule has 11 heteroatoms. The molecule has 4 atom stereocenters. The van der Waals surface area contributed by atoms with Crippen LogP contribution in [0.3, 0.4) is 0 Å². The third-order valence-corrected chi connectivity index (χ3v) is 10.2. The monoisotopic (exact) mass is 622 g/mol. The number of benzene rings is 2. The molecule has 1 saturated carbocycles. The number of piperidine rings is 1. The number of fused-ring (bicyclic) bond motifs is 1. The summed E-state index contributed by atoms with van der Waals surface area (Å²) in [5, 5.41) is 0.0951. The highest BCUT2D eigenvalue weighted by molar-refractivity contribution is 6.31. The van der Waals surface area contributed by atoms with Gasteiger partial charge in [0.25, 0.3) is 12.4 Å². The number of carbonyl (C=O) groups excluding carboxylic acids is 2. The van der Waals surface area contributed by atoms with Gasteiger partial charge < -0.3 is 14.4 Å². The molecule has 6 rings (SSSR count). The molecule has 3 heterocycles. The Balaban J connectivity index is 1.11. The van der Waals surface area contributed by atoms with Crippen LogP contribution in [0.1, 0.15) is 67.2 Å². The summed E-state index contributed by atoms with van der Waals surface area (Å²) in [6.07, 6.45) is -0.0757. The zero-order valence-electron chi connectivity index (χ0n) is 24.0. The van der Waals surface area contributed by atoms with E-state index >= 15 is 0 Å². The van der Waals surface area contributed by atoms with Crippen LogP contribution in [0.15, 0.2) is 30.3 Å². The predicted molar refractivity (Wildman–Crippen MR) is 151 cm³/mol. The van der Waals surface area contributed by atoms with Gasteiger partial charge >= 0.3 is 6.18 Å². The normalized spacial score (nSPS) is 28.3. The predicted octanol–water partition coefficient (Wildman–Crippen LogP) is 6.37.